The van der Waals surface area contributed by atoms with Crippen LogP contribution in [0.4, 0.5) is 13.2 Å². The van der Waals surface area contributed by atoms with Gasteiger partial charge in [0.15, 0.2) is 0 Å². The van der Waals surface area contributed by atoms with E-state index in [1.165, 1.54) is 23.1 Å². The number of esters is 1. The average molecular weight is 417 g/mol. The first-order valence-electron chi connectivity index (χ1n) is 9.59. The van der Waals surface area contributed by atoms with Crippen LogP contribution in [0.25, 0.3) is 0 Å². The Labute approximate surface area is 173 Å². The van der Waals surface area contributed by atoms with Gasteiger partial charge < -0.3 is 9.64 Å². The van der Waals surface area contributed by atoms with Gasteiger partial charge in [-0.2, -0.15) is 0 Å². The highest BCUT2D eigenvalue weighted by Gasteiger charge is 2.38. The lowest BCUT2D eigenvalue weighted by molar-refractivity contribution is -0.143. The molecular formula is C23H22F3NO3. The van der Waals surface area contributed by atoms with Crippen molar-refractivity contribution in [2.45, 2.75) is 45.8 Å². The van der Waals surface area contributed by atoms with Gasteiger partial charge in [-0.05, 0) is 50.1 Å². The number of rotatable bonds is 5. The summed E-state index contributed by atoms with van der Waals surface area (Å²) in [5, 5.41) is 0. The molecule has 1 atom stereocenters. The number of hydrogen-bond donors (Lipinski definition) is 0. The van der Waals surface area contributed by atoms with Crippen molar-refractivity contribution < 1.29 is 27.5 Å². The first kappa shape index (κ1) is 21.6. The van der Waals surface area contributed by atoms with E-state index in [2.05, 4.69) is 0 Å². The maximum absolute atomic E-state index is 14.5. The average Bonchev–Trinajstić information content (AvgIpc) is 2.65. The summed E-state index contributed by atoms with van der Waals surface area (Å²) in [6.07, 6.45) is -0.594. The zero-order valence-corrected chi connectivity index (χ0v) is 16.9. The standard InChI is InChI=1S/C23H22F3NO3/c1-13(2)30-23(29)22-14(3)27(12-15-4-6-16(24)7-5-15)21(28)11-19(22)18-9-8-17(25)10-20(18)26/h4-10,13,19H,11-12H2,1-3H3/t19-/m0/s1. The van der Waals surface area contributed by atoms with E-state index in [1.54, 1.807) is 32.9 Å². The fourth-order valence-electron chi connectivity index (χ4n) is 3.57. The van der Waals surface area contributed by atoms with Gasteiger partial charge in [-0.1, -0.05) is 18.2 Å². The molecule has 0 bridgehead atoms. The molecule has 0 radical (unpaired) electrons. The van der Waals surface area contributed by atoms with E-state index in [1.807, 2.05) is 0 Å². The van der Waals surface area contributed by atoms with Gasteiger partial charge in [0.1, 0.15) is 17.5 Å². The molecule has 0 unspecified atom stereocenters. The quantitative estimate of drug-likeness (QED) is 0.654. The summed E-state index contributed by atoms with van der Waals surface area (Å²) >= 11 is 0. The van der Waals surface area contributed by atoms with Gasteiger partial charge in [-0.3, -0.25) is 4.79 Å². The Kier molecular flexibility index (Phi) is 6.29. The highest BCUT2D eigenvalue weighted by Crippen LogP contribution is 2.39. The SMILES string of the molecule is CC1=C(C(=O)OC(C)C)[C@H](c2ccc(F)cc2F)CC(=O)N1Cc1ccc(F)cc1. The van der Waals surface area contributed by atoms with Gasteiger partial charge in [0.25, 0.3) is 0 Å². The molecule has 0 fully saturated rings. The Morgan fingerprint density at radius 1 is 1.10 bits per heavy atom. The van der Waals surface area contributed by atoms with Crippen LogP contribution >= 0.6 is 0 Å². The van der Waals surface area contributed by atoms with E-state index in [0.717, 1.165) is 12.1 Å². The smallest absolute Gasteiger partial charge is 0.336 e. The first-order chi connectivity index (χ1) is 14.2. The topological polar surface area (TPSA) is 46.6 Å². The predicted molar refractivity (Wildman–Crippen MR) is 105 cm³/mol. The lowest BCUT2D eigenvalue weighted by Gasteiger charge is -2.35. The maximum Gasteiger partial charge on any atom is 0.336 e. The Balaban J connectivity index is 2.06. The minimum absolute atomic E-state index is 0.0567. The first-order valence-corrected chi connectivity index (χ1v) is 9.59. The van der Waals surface area contributed by atoms with Crippen molar-refractivity contribution in [3.05, 3.63) is 82.3 Å². The van der Waals surface area contributed by atoms with Crippen molar-refractivity contribution in [3.8, 4) is 0 Å². The van der Waals surface area contributed by atoms with Crippen molar-refractivity contribution in [1.29, 1.82) is 0 Å². The molecule has 1 amide bonds. The van der Waals surface area contributed by atoms with E-state index in [0.29, 0.717) is 11.3 Å². The summed E-state index contributed by atoms with van der Waals surface area (Å²) in [4.78, 5) is 27.2. The summed E-state index contributed by atoms with van der Waals surface area (Å²) < 4.78 is 46.4. The fraction of sp³-hybridized carbons (Fsp3) is 0.304. The van der Waals surface area contributed by atoms with Gasteiger partial charge >= 0.3 is 5.97 Å². The Morgan fingerprint density at radius 3 is 2.33 bits per heavy atom. The van der Waals surface area contributed by atoms with Crippen LogP contribution in [0, 0.1) is 17.5 Å². The van der Waals surface area contributed by atoms with E-state index in [9.17, 15) is 22.8 Å². The number of carbonyl (C=O) groups is 2. The maximum atomic E-state index is 14.5. The number of nitrogens with zero attached hydrogens (tertiary/aromatic N) is 1. The summed E-state index contributed by atoms with van der Waals surface area (Å²) in [5.41, 5.74) is 1.21. The van der Waals surface area contributed by atoms with Crippen LogP contribution in [0.1, 0.15) is 44.2 Å². The van der Waals surface area contributed by atoms with Gasteiger partial charge in [-0.25, -0.2) is 18.0 Å². The molecule has 158 valence electrons. The lowest BCUT2D eigenvalue weighted by Crippen LogP contribution is -2.38. The second-order valence-corrected chi connectivity index (χ2v) is 7.48. The van der Waals surface area contributed by atoms with Crippen LogP contribution in [0.2, 0.25) is 0 Å². The summed E-state index contributed by atoms with van der Waals surface area (Å²) in [6, 6.07) is 8.73. The van der Waals surface area contributed by atoms with Gasteiger partial charge in [-0.15, -0.1) is 0 Å². The largest absolute Gasteiger partial charge is 0.460 e. The predicted octanol–water partition coefficient (Wildman–Crippen LogP) is 4.85. The number of hydrogen-bond acceptors (Lipinski definition) is 3. The zero-order chi connectivity index (χ0) is 22.0. The minimum Gasteiger partial charge on any atom is -0.460 e. The van der Waals surface area contributed by atoms with Crippen molar-refractivity contribution in [3.63, 3.8) is 0 Å². The van der Waals surface area contributed by atoms with Crippen molar-refractivity contribution in [2.24, 2.45) is 0 Å². The zero-order valence-electron chi connectivity index (χ0n) is 16.9. The number of carbonyl (C=O) groups excluding carboxylic acids is 2. The molecule has 0 aromatic heterocycles. The molecule has 1 aliphatic rings. The summed E-state index contributed by atoms with van der Waals surface area (Å²) in [6.45, 7) is 5.09. The monoisotopic (exact) mass is 417 g/mol. The Bertz CT molecular complexity index is 999. The molecule has 0 saturated carbocycles. The van der Waals surface area contributed by atoms with Gasteiger partial charge in [0, 0.05) is 24.1 Å². The number of allylic oxidation sites excluding steroid dienone is 1. The van der Waals surface area contributed by atoms with Crippen LogP contribution < -0.4 is 0 Å². The molecule has 3 rings (SSSR count). The molecule has 30 heavy (non-hydrogen) atoms. The Morgan fingerprint density at radius 2 is 1.73 bits per heavy atom. The second kappa shape index (κ2) is 8.73. The molecule has 1 heterocycles. The van der Waals surface area contributed by atoms with Crippen LogP contribution in [0.15, 0.2) is 53.7 Å². The number of halogens is 3. The van der Waals surface area contributed by atoms with Crippen LogP contribution in [0.5, 0.6) is 0 Å². The highest BCUT2D eigenvalue weighted by molar-refractivity contribution is 5.96. The molecule has 2 aromatic rings. The van der Waals surface area contributed by atoms with Crippen molar-refractivity contribution in [2.75, 3.05) is 0 Å². The number of benzene rings is 2. The number of amides is 1. The third-order valence-electron chi connectivity index (χ3n) is 4.98. The van der Waals surface area contributed by atoms with E-state index >= 15 is 0 Å². The molecule has 1 aliphatic heterocycles. The van der Waals surface area contributed by atoms with Gasteiger partial charge in [0.05, 0.1) is 18.2 Å². The minimum atomic E-state index is -0.895. The molecule has 0 N–H and O–H groups in total. The summed E-state index contributed by atoms with van der Waals surface area (Å²) in [7, 11) is 0. The lowest BCUT2D eigenvalue weighted by atomic mass is 9.83. The van der Waals surface area contributed by atoms with Crippen molar-refractivity contribution >= 4 is 11.9 Å². The van der Waals surface area contributed by atoms with Crippen molar-refractivity contribution in [1.82, 2.24) is 4.90 Å². The highest BCUT2D eigenvalue weighted by atomic mass is 19.1. The van der Waals surface area contributed by atoms with Gasteiger partial charge in [0.2, 0.25) is 5.91 Å². The van der Waals surface area contributed by atoms with Crippen LogP contribution in [0.3, 0.4) is 0 Å². The summed E-state index contributed by atoms with van der Waals surface area (Å²) in [5.74, 6) is -3.86. The molecule has 0 aliphatic carbocycles. The molecule has 0 spiro atoms. The van der Waals surface area contributed by atoms with E-state index in [-0.39, 0.29) is 30.0 Å². The molecule has 7 heteroatoms. The normalized spacial score (nSPS) is 17.0. The van der Waals surface area contributed by atoms with Crippen LogP contribution in [-0.4, -0.2) is 22.9 Å². The third-order valence-corrected chi connectivity index (χ3v) is 4.98. The molecule has 4 nitrogen and oxygen atoms in total. The second-order valence-electron chi connectivity index (χ2n) is 7.48. The Hall–Kier alpha value is -3.09. The molecular weight excluding hydrogens is 395 g/mol. The molecule has 2 aromatic carbocycles. The fourth-order valence-corrected chi connectivity index (χ4v) is 3.57. The number of ether oxygens (including phenoxy) is 1. The van der Waals surface area contributed by atoms with Crippen LogP contribution in [-0.2, 0) is 20.9 Å². The third kappa shape index (κ3) is 4.56. The molecule has 0 saturated heterocycles. The van der Waals surface area contributed by atoms with E-state index in [4.69, 9.17) is 4.74 Å². The van der Waals surface area contributed by atoms with E-state index < -0.39 is 35.4 Å².